The standard InChI is InChI=1S/C18H33N/c1-18(2,3)17-13-9-5-4-6-11-15(13)19-16-12-8-7-10-14(16)17/h13-17,19H,4-12H2,1-3H3. The normalized spacial score (nSPS) is 44.1. The van der Waals surface area contributed by atoms with Gasteiger partial charge in [-0.1, -0.05) is 52.9 Å². The van der Waals surface area contributed by atoms with Crippen molar-refractivity contribution in [2.75, 3.05) is 0 Å². The van der Waals surface area contributed by atoms with E-state index in [0.29, 0.717) is 5.41 Å². The summed E-state index contributed by atoms with van der Waals surface area (Å²) in [6.45, 7) is 7.53. The number of piperidine rings is 1. The van der Waals surface area contributed by atoms with Gasteiger partial charge in [0.25, 0.3) is 0 Å². The van der Waals surface area contributed by atoms with Crippen LogP contribution in [0.3, 0.4) is 0 Å². The SMILES string of the molecule is CC(C)(C)C1C2CCCCCC2NC2CCCCC21. The highest BCUT2D eigenvalue weighted by Crippen LogP contribution is 2.50. The predicted molar refractivity (Wildman–Crippen MR) is 82.2 cm³/mol. The van der Waals surface area contributed by atoms with Gasteiger partial charge in [0.2, 0.25) is 0 Å². The molecule has 3 rings (SSSR count). The molecule has 1 heteroatoms. The molecular weight excluding hydrogens is 230 g/mol. The van der Waals surface area contributed by atoms with Crippen LogP contribution in [-0.4, -0.2) is 12.1 Å². The second-order valence-corrected chi connectivity index (χ2v) is 8.52. The van der Waals surface area contributed by atoms with Crippen molar-refractivity contribution in [3.8, 4) is 0 Å². The van der Waals surface area contributed by atoms with Gasteiger partial charge in [-0.2, -0.15) is 0 Å². The fourth-order valence-corrected chi connectivity index (χ4v) is 5.65. The van der Waals surface area contributed by atoms with Crippen LogP contribution in [0.5, 0.6) is 0 Å². The zero-order valence-electron chi connectivity index (χ0n) is 13.3. The second kappa shape index (κ2) is 5.39. The van der Waals surface area contributed by atoms with E-state index in [4.69, 9.17) is 0 Å². The molecule has 3 fully saturated rings. The van der Waals surface area contributed by atoms with Crippen LogP contribution in [-0.2, 0) is 0 Å². The smallest absolute Gasteiger partial charge is 0.0101 e. The Morgan fingerprint density at radius 1 is 0.684 bits per heavy atom. The first-order valence-electron chi connectivity index (χ1n) is 8.83. The average molecular weight is 263 g/mol. The number of hydrogen-bond donors (Lipinski definition) is 1. The van der Waals surface area contributed by atoms with Crippen LogP contribution in [0.15, 0.2) is 0 Å². The molecule has 3 aliphatic rings. The summed E-state index contributed by atoms with van der Waals surface area (Å²) in [7, 11) is 0. The molecular formula is C18H33N. The van der Waals surface area contributed by atoms with Gasteiger partial charge in [0.05, 0.1) is 0 Å². The van der Waals surface area contributed by atoms with Gasteiger partial charge in [0, 0.05) is 12.1 Å². The van der Waals surface area contributed by atoms with Crippen LogP contribution in [0.1, 0.15) is 78.6 Å². The van der Waals surface area contributed by atoms with Gasteiger partial charge in [-0.25, -0.2) is 0 Å². The second-order valence-electron chi connectivity index (χ2n) is 8.52. The highest BCUT2D eigenvalue weighted by molar-refractivity contribution is 5.02. The van der Waals surface area contributed by atoms with Gasteiger partial charge in [-0.3, -0.25) is 0 Å². The highest BCUT2D eigenvalue weighted by atomic mass is 15.0. The molecule has 0 bridgehead atoms. The molecule has 19 heavy (non-hydrogen) atoms. The van der Waals surface area contributed by atoms with Crippen molar-refractivity contribution in [1.82, 2.24) is 5.32 Å². The molecule has 2 aliphatic carbocycles. The van der Waals surface area contributed by atoms with Gasteiger partial charge in [-0.05, 0) is 48.9 Å². The van der Waals surface area contributed by atoms with Crippen molar-refractivity contribution in [2.45, 2.75) is 90.6 Å². The zero-order chi connectivity index (χ0) is 13.5. The summed E-state index contributed by atoms with van der Waals surface area (Å²) in [6.07, 6.45) is 13.2. The van der Waals surface area contributed by atoms with Gasteiger partial charge in [0.1, 0.15) is 0 Å². The van der Waals surface area contributed by atoms with E-state index in [1.54, 1.807) is 0 Å². The lowest BCUT2D eigenvalue weighted by molar-refractivity contribution is -0.0192. The van der Waals surface area contributed by atoms with E-state index in [2.05, 4.69) is 26.1 Å². The fraction of sp³-hybridized carbons (Fsp3) is 1.00. The quantitative estimate of drug-likeness (QED) is 0.664. The van der Waals surface area contributed by atoms with Crippen LogP contribution in [0, 0.1) is 23.2 Å². The fourth-order valence-electron chi connectivity index (χ4n) is 5.65. The summed E-state index contributed by atoms with van der Waals surface area (Å²) < 4.78 is 0. The molecule has 0 aromatic rings. The summed E-state index contributed by atoms with van der Waals surface area (Å²) >= 11 is 0. The predicted octanol–water partition coefficient (Wildman–Crippen LogP) is 4.76. The van der Waals surface area contributed by atoms with E-state index in [0.717, 1.165) is 29.8 Å². The molecule has 0 spiro atoms. The number of rotatable bonds is 0. The molecule has 5 unspecified atom stereocenters. The van der Waals surface area contributed by atoms with Crippen molar-refractivity contribution >= 4 is 0 Å². The Morgan fingerprint density at radius 3 is 1.74 bits per heavy atom. The molecule has 2 saturated carbocycles. The third-order valence-electron chi connectivity index (χ3n) is 6.24. The lowest BCUT2D eigenvalue weighted by atomic mass is 9.57. The molecule has 110 valence electrons. The Hall–Kier alpha value is -0.0400. The Balaban J connectivity index is 1.88. The van der Waals surface area contributed by atoms with Gasteiger partial charge < -0.3 is 5.32 Å². The van der Waals surface area contributed by atoms with Crippen LogP contribution in [0.2, 0.25) is 0 Å². The first-order valence-corrected chi connectivity index (χ1v) is 8.83. The minimum Gasteiger partial charge on any atom is -0.311 e. The van der Waals surface area contributed by atoms with Crippen LogP contribution < -0.4 is 5.32 Å². The Labute approximate surface area is 119 Å². The van der Waals surface area contributed by atoms with Crippen molar-refractivity contribution in [1.29, 1.82) is 0 Å². The van der Waals surface area contributed by atoms with E-state index in [1.807, 2.05) is 0 Å². The number of hydrogen-bond acceptors (Lipinski definition) is 1. The van der Waals surface area contributed by atoms with Crippen molar-refractivity contribution in [2.24, 2.45) is 23.2 Å². The van der Waals surface area contributed by atoms with E-state index >= 15 is 0 Å². The summed E-state index contributed by atoms with van der Waals surface area (Å²) in [6, 6.07) is 1.68. The number of nitrogens with one attached hydrogen (secondary N) is 1. The summed E-state index contributed by atoms with van der Waals surface area (Å²) in [5, 5.41) is 4.10. The third kappa shape index (κ3) is 2.73. The van der Waals surface area contributed by atoms with E-state index < -0.39 is 0 Å². The van der Waals surface area contributed by atoms with E-state index in [9.17, 15) is 0 Å². The Morgan fingerprint density at radius 2 is 1.16 bits per heavy atom. The summed E-state index contributed by atoms with van der Waals surface area (Å²) in [5.74, 6) is 2.89. The molecule has 0 radical (unpaired) electrons. The van der Waals surface area contributed by atoms with Crippen molar-refractivity contribution in [3.63, 3.8) is 0 Å². The topological polar surface area (TPSA) is 12.0 Å². The van der Waals surface area contributed by atoms with Gasteiger partial charge in [0.15, 0.2) is 0 Å². The monoisotopic (exact) mass is 263 g/mol. The minimum atomic E-state index is 0.496. The molecule has 1 aliphatic heterocycles. The van der Waals surface area contributed by atoms with Gasteiger partial charge >= 0.3 is 0 Å². The maximum absolute atomic E-state index is 4.10. The largest absolute Gasteiger partial charge is 0.311 e. The van der Waals surface area contributed by atoms with Crippen molar-refractivity contribution in [3.05, 3.63) is 0 Å². The Bertz CT molecular complexity index is 303. The molecule has 0 amide bonds. The maximum Gasteiger partial charge on any atom is 0.0101 e. The lowest BCUT2D eigenvalue weighted by Gasteiger charge is -2.54. The molecule has 0 aromatic heterocycles. The minimum absolute atomic E-state index is 0.496. The Kier molecular flexibility index (Phi) is 3.95. The first kappa shape index (κ1) is 13.9. The zero-order valence-corrected chi connectivity index (χ0v) is 13.3. The molecule has 1 N–H and O–H groups in total. The lowest BCUT2D eigenvalue weighted by Crippen LogP contribution is -2.60. The first-order chi connectivity index (χ1) is 9.07. The number of fused-ring (bicyclic) bond motifs is 2. The van der Waals surface area contributed by atoms with Crippen LogP contribution in [0.4, 0.5) is 0 Å². The third-order valence-corrected chi connectivity index (χ3v) is 6.24. The molecule has 0 aromatic carbocycles. The highest BCUT2D eigenvalue weighted by Gasteiger charge is 2.48. The van der Waals surface area contributed by atoms with E-state index in [1.165, 1.54) is 57.8 Å². The van der Waals surface area contributed by atoms with Crippen LogP contribution >= 0.6 is 0 Å². The van der Waals surface area contributed by atoms with Gasteiger partial charge in [-0.15, -0.1) is 0 Å². The molecule has 1 heterocycles. The maximum atomic E-state index is 4.10. The molecule has 1 nitrogen and oxygen atoms in total. The summed E-state index contributed by atoms with van der Waals surface area (Å²) in [5.41, 5.74) is 0.496. The average Bonchev–Trinajstić information content (AvgIpc) is 2.59. The molecule has 1 saturated heterocycles. The van der Waals surface area contributed by atoms with Crippen LogP contribution in [0.25, 0.3) is 0 Å². The summed E-state index contributed by atoms with van der Waals surface area (Å²) in [4.78, 5) is 0. The van der Waals surface area contributed by atoms with E-state index in [-0.39, 0.29) is 0 Å². The molecule has 5 atom stereocenters. The van der Waals surface area contributed by atoms with Crippen molar-refractivity contribution < 1.29 is 0 Å².